The normalized spacial score (nSPS) is 11.2. The highest BCUT2D eigenvalue weighted by Crippen LogP contribution is 2.10. The minimum absolute atomic E-state index is 0.279. The lowest BCUT2D eigenvalue weighted by molar-refractivity contribution is 0.873. The summed E-state index contributed by atoms with van der Waals surface area (Å²) in [5, 5.41) is 6.33. The molecule has 0 unspecified atom stereocenters. The van der Waals surface area contributed by atoms with Gasteiger partial charge >= 0.3 is 5.69 Å². The number of nitrogens with one attached hydrogen (secondary N) is 1. The Balaban J connectivity index is 2.33. The maximum Gasteiger partial charge on any atom is 0.349 e. The molecule has 3 aromatic heterocycles. The first-order valence-corrected chi connectivity index (χ1v) is 5.12. The largest absolute Gasteiger partial charge is 0.349 e. The van der Waals surface area contributed by atoms with Crippen molar-refractivity contribution >= 4 is 5.65 Å². The molecule has 0 aliphatic rings. The van der Waals surface area contributed by atoms with E-state index in [-0.39, 0.29) is 5.69 Å². The van der Waals surface area contributed by atoms with Crippen molar-refractivity contribution in [3.63, 3.8) is 0 Å². The van der Waals surface area contributed by atoms with E-state index in [1.54, 1.807) is 19.2 Å². The van der Waals surface area contributed by atoms with Gasteiger partial charge in [0.1, 0.15) is 17.5 Å². The second kappa shape index (κ2) is 3.27. The van der Waals surface area contributed by atoms with Gasteiger partial charge in [0.25, 0.3) is 0 Å². The predicted molar refractivity (Wildman–Crippen MR) is 60.2 cm³/mol. The lowest BCUT2D eigenvalue weighted by Crippen LogP contribution is -2.14. The van der Waals surface area contributed by atoms with E-state index in [0.717, 1.165) is 5.82 Å². The average Bonchev–Trinajstić information content (AvgIpc) is 2.85. The number of aromatic amines is 1. The molecule has 0 fully saturated rings. The molecule has 0 spiro atoms. The van der Waals surface area contributed by atoms with E-state index in [4.69, 9.17) is 0 Å². The van der Waals surface area contributed by atoms with Crippen molar-refractivity contribution < 1.29 is 0 Å². The summed E-state index contributed by atoms with van der Waals surface area (Å²) >= 11 is 0. The van der Waals surface area contributed by atoms with E-state index in [1.165, 1.54) is 4.40 Å². The smallest absolute Gasteiger partial charge is 0.288 e. The lowest BCUT2D eigenvalue weighted by atomic mass is 10.5. The molecule has 0 bridgehead atoms. The number of hydrogen-bond donors (Lipinski definition) is 1. The van der Waals surface area contributed by atoms with Crippen LogP contribution in [0.4, 0.5) is 0 Å². The number of nitrogens with zero attached hydrogens (tertiary/aromatic N) is 5. The van der Waals surface area contributed by atoms with Crippen LogP contribution in [0.1, 0.15) is 11.6 Å². The Morgan fingerprint density at radius 1 is 1.29 bits per heavy atom. The summed E-state index contributed by atoms with van der Waals surface area (Å²) in [6, 6.07) is 1.74. The topological polar surface area (TPSA) is 80.9 Å². The van der Waals surface area contributed by atoms with Crippen molar-refractivity contribution in [1.29, 1.82) is 0 Å². The zero-order valence-electron chi connectivity index (χ0n) is 9.38. The second-order valence-electron chi connectivity index (χ2n) is 3.73. The molecule has 3 aromatic rings. The third-order valence-corrected chi connectivity index (χ3v) is 2.63. The van der Waals surface area contributed by atoms with Gasteiger partial charge in [-0.1, -0.05) is 0 Å². The summed E-state index contributed by atoms with van der Waals surface area (Å²) < 4.78 is 3.27. The Morgan fingerprint density at radius 2 is 2.12 bits per heavy atom. The Bertz CT molecular complexity index is 750. The van der Waals surface area contributed by atoms with E-state index in [2.05, 4.69) is 20.2 Å². The number of imidazole rings is 1. The molecule has 86 valence electrons. The third kappa shape index (κ3) is 1.36. The van der Waals surface area contributed by atoms with Crippen LogP contribution in [0.25, 0.3) is 11.5 Å². The Kier molecular flexibility index (Phi) is 1.88. The molecule has 0 saturated carbocycles. The monoisotopic (exact) mass is 230 g/mol. The standard InChI is InChI=1S/C10H10N6O/c1-6-11-3-4-15(6)8-5-9-13-14-10(17)16(9)7(2)12-8/h3-5H,1-2H3,(H,14,17). The lowest BCUT2D eigenvalue weighted by Gasteiger charge is -2.05. The van der Waals surface area contributed by atoms with Gasteiger partial charge in [0, 0.05) is 18.5 Å². The second-order valence-corrected chi connectivity index (χ2v) is 3.73. The van der Waals surface area contributed by atoms with Crippen molar-refractivity contribution in [3.8, 4) is 5.82 Å². The maximum atomic E-state index is 11.5. The van der Waals surface area contributed by atoms with Gasteiger partial charge in [-0.05, 0) is 13.8 Å². The van der Waals surface area contributed by atoms with Crippen molar-refractivity contribution in [3.05, 3.63) is 40.6 Å². The van der Waals surface area contributed by atoms with Gasteiger partial charge in [-0.3, -0.25) is 4.57 Å². The molecule has 0 saturated heterocycles. The maximum absolute atomic E-state index is 11.5. The predicted octanol–water partition coefficient (Wildman–Crippen LogP) is 0.220. The summed E-state index contributed by atoms with van der Waals surface area (Å²) in [7, 11) is 0. The molecule has 1 N–H and O–H groups in total. The molecule has 0 aliphatic heterocycles. The van der Waals surface area contributed by atoms with E-state index in [9.17, 15) is 4.79 Å². The Labute approximate surface area is 95.8 Å². The van der Waals surface area contributed by atoms with Crippen LogP contribution in [0.3, 0.4) is 0 Å². The molecular formula is C10H10N6O. The summed E-state index contributed by atoms with van der Waals surface area (Å²) in [6.07, 6.45) is 3.52. The Morgan fingerprint density at radius 3 is 2.82 bits per heavy atom. The van der Waals surface area contributed by atoms with Gasteiger partial charge < -0.3 is 0 Å². The van der Waals surface area contributed by atoms with Gasteiger partial charge in [-0.25, -0.2) is 24.3 Å². The van der Waals surface area contributed by atoms with Crippen LogP contribution >= 0.6 is 0 Å². The zero-order chi connectivity index (χ0) is 12.0. The molecule has 0 aliphatic carbocycles. The van der Waals surface area contributed by atoms with E-state index in [1.807, 2.05) is 17.7 Å². The number of fused-ring (bicyclic) bond motifs is 1. The molecule has 0 aromatic carbocycles. The van der Waals surface area contributed by atoms with Crippen molar-refractivity contribution in [2.45, 2.75) is 13.8 Å². The SMILES string of the molecule is Cc1nccn1-c1cc2n[nH]c(=O)n2c(C)n1. The highest BCUT2D eigenvalue weighted by molar-refractivity contribution is 5.44. The van der Waals surface area contributed by atoms with Crippen LogP contribution in [0.2, 0.25) is 0 Å². The fourth-order valence-electron chi connectivity index (χ4n) is 1.83. The molecular weight excluding hydrogens is 220 g/mol. The highest BCUT2D eigenvalue weighted by atomic mass is 16.1. The summed E-state index contributed by atoms with van der Waals surface area (Å²) in [5.74, 6) is 2.12. The number of aromatic nitrogens is 6. The first kappa shape index (κ1) is 9.76. The van der Waals surface area contributed by atoms with Crippen molar-refractivity contribution in [2.75, 3.05) is 0 Å². The fraction of sp³-hybridized carbons (Fsp3) is 0.200. The summed E-state index contributed by atoms with van der Waals surface area (Å²) in [4.78, 5) is 19.9. The van der Waals surface area contributed by atoms with Gasteiger partial charge in [-0.15, -0.1) is 0 Å². The molecule has 0 amide bonds. The van der Waals surface area contributed by atoms with Crippen LogP contribution in [-0.4, -0.2) is 29.1 Å². The highest BCUT2D eigenvalue weighted by Gasteiger charge is 2.09. The molecule has 0 radical (unpaired) electrons. The van der Waals surface area contributed by atoms with Crippen molar-refractivity contribution in [1.82, 2.24) is 29.1 Å². The average molecular weight is 230 g/mol. The molecule has 7 heteroatoms. The van der Waals surface area contributed by atoms with Gasteiger partial charge in [-0.2, -0.15) is 5.10 Å². The van der Waals surface area contributed by atoms with Gasteiger partial charge in [0.2, 0.25) is 0 Å². The number of rotatable bonds is 1. The first-order chi connectivity index (χ1) is 8.16. The van der Waals surface area contributed by atoms with Gasteiger partial charge in [0.15, 0.2) is 5.65 Å². The third-order valence-electron chi connectivity index (χ3n) is 2.63. The molecule has 0 atom stereocenters. The van der Waals surface area contributed by atoms with E-state index < -0.39 is 0 Å². The molecule has 3 rings (SSSR count). The van der Waals surface area contributed by atoms with Crippen LogP contribution in [-0.2, 0) is 0 Å². The van der Waals surface area contributed by atoms with Crippen molar-refractivity contribution in [2.24, 2.45) is 0 Å². The fourth-order valence-corrected chi connectivity index (χ4v) is 1.83. The van der Waals surface area contributed by atoms with Gasteiger partial charge in [0.05, 0.1) is 0 Å². The van der Waals surface area contributed by atoms with Crippen LogP contribution in [0.15, 0.2) is 23.3 Å². The Hall–Kier alpha value is -2.44. The van der Waals surface area contributed by atoms with Crippen LogP contribution in [0, 0.1) is 13.8 Å². The summed E-state index contributed by atoms with van der Waals surface area (Å²) in [5.41, 5.74) is 0.268. The molecule has 17 heavy (non-hydrogen) atoms. The molecule has 3 heterocycles. The van der Waals surface area contributed by atoms with E-state index in [0.29, 0.717) is 17.3 Å². The number of aryl methyl sites for hydroxylation is 2. The van der Waals surface area contributed by atoms with E-state index >= 15 is 0 Å². The quantitative estimate of drug-likeness (QED) is 0.648. The minimum Gasteiger partial charge on any atom is -0.288 e. The molecule has 7 nitrogen and oxygen atoms in total. The zero-order valence-corrected chi connectivity index (χ0v) is 9.38. The number of hydrogen-bond acceptors (Lipinski definition) is 4. The van der Waals surface area contributed by atoms with Crippen LogP contribution in [0.5, 0.6) is 0 Å². The summed E-state index contributed by atoms with van der Waals surface area (Å²) in [6.45, 7) is 3.65. The minimum atomic E-state index is -0.279. The van der Waals surface area contributed by atoms with Crippen LogP contribution < -0.4 is 5.69 Å². The number of H-pyrrole nitrogens is 1. The first-order valence-electron chi connectivity index (χ1n) is 5.12.